The van der Waals surface area contributed by atoms with Crippen LogP contribution in [-0.2, 0) is 0 Å². The maximum Gasteiger partial charge on any atom is 0.132 e. The molecule has 106 valence electrons. The molecular weight excluding hydrogens is 246 g/mol. The number of rotatable bonds is 5. The predicted octanol–water partition coefficient (Wildman–Crippen LogP) is 4.77. The topological polar surface area (TPSA) is 21.3 Å². The van der Waals surface area contributed by atoms with Crippen LogP contribution in [0.15, 0.2) is 42.5 Å². The van der Waals surface area contributed by atoms with Gasteiger partial charge < -0.3 is 10.1 Å². The van der Waals surface area contributed by atoms with Gasteiger partial charge in [0.25, 0.3) is 0 Å². The summed E-state index contributed by atoms with van der Waals surface area (Å²) in [5.41, 5.74) is 3.57. The number of para-hydroxylation sites is 1. The van der Waals surface area contributed by atoms with Crippen molar-refractivity contribution in [2.75, 3.05) is 7.05 Å². The second-order valence-corrected chi connectivity index (χ2v) is 5.16. The van der Waals surface area contributed by atoms with E-state index < -0.39 is 0 Å². The van der Waals surface area contributed by atoms with Crippen molar-refractivity contribution in [1.82, 2.24) is 5.32 Å². The van der Waals surface area contributed by atoms with E-state index in [4.69, 9.17) is 4.74 Å². The zero-order valence-corrected chi connectivity index (χ0v) is 12.7. The van der Waals surface area contributed by atoms with E-state index in [0.29, 0.717) is 6.04 Å². The lowest BCUT2D eigenvalue weighted by molar-refractivity contribution is 0.455. The smallest absolute Gasteiger partial charge is 0.132 e. The van der Waals surface area contributed by atoms with Gasteiger partial charge in [0.2, 0.25) is 0 Å². The maximum absolute atomic E-state index is 6.17. The van der Waals surface area contributed by atoms with E-state index in [1.165, 1.54) is 11.1 Å². The molecule has 0 bridgehead atoms. The van der Waals surface area contributed by atoms with E-state index in [2.05, 4.69) is 56.4 Å². The van der Waals surface area contributed by atoms with Crippen LogP contribution in [0.25, 0.3) is 0 Å². The summed E-state index contributed by atoms with van der Waals surface area (Å²) in [4.78, 5) is 0. The molecule has 0 saturated carbocycles. The van der Waals surface area contributed by atoms with Gasteiger partial charge in [-0.3, -0.25) is 0 Å². The number of hydrogen-bond donors (Lipinski definition) is 1. The highest BCUT2D eigenvalue weighted by Crippen LogP contribution is 2.32. The van der Waals surface area contributed by atoms with Gasteiger partial charge >= 0.3 is 0 Å². The van der Waals surface area contributed by atoms with Crippen LogP contribution in [0.3, 0.4) is 0 Å². The largest absolute Gasteiger partial charge is 0.457 e. The molecule has 2 aromatic rings. The summed E-state index contributed by atoms with van der Waals surface area (Å²) in [5.74, 6) is 1.87. The van der Waals surface area contributed by atoms with E-state index in [9.17, 15) is 0 Å². The summed E-state index contributed by atoms with van der Waals surface area (Å²) in [6.07, 6.45) is 1.03. The molecule has 1 N–H and O–H groups in total. The number of ether oxygens (including phenoxy) is 1. The minimum absolute atomic E-state index is 0.316. The molecule has 2 nitrogen and oxygen atoms in total. The lowest BCUT2D eigenvalue weighted by Crippen LogP contribution is -2.15. The van der Waals surface area contributed by atoms with Crippen molar-refractivity contribution in [1.29, 1.82) is 0 Å². The lowest BCUT2D eigenvalue weighted by atomic mass is 10.0. The Morgan fingerprint density at radius 3 is 2.50 bits per heavy atom. The summed E-state index contributed by atoms with van der Waals surface area (Å²) in [5, 5.41) is 3.34. The van der Waals surface area contributed by atoms with Crippen LogP contribution in [0, 0.1) is 13.8 Å². The minimum Gasteiger partial charge on any atom is -0.457 e. The normalized spacial score (nSPS) is 12.2. The molecule has 0 radical (unpaired) electrons. The van der Waals surface area contributed by atoms with Crippen molar-refractivity contribution in [3.8, 4) is 11.5 Å². The van der Waals surface area contributed by atoms with Crippen LogP contribution in [0.4, 0.5) is 0 Å². The monoisotopic (exact) mass is 269 g/mol. The first-order chi connectivity index (χ1) is 9.65. The Labute approximate surface area is 121 Å². The predicted molar refractivity (Wildman–Crippen MR) is 84.5 cm³/mol. The van der Waals surface area contributed by atoms with Gasteiger partial charge in [-0.25, -0.2) is 0 Å². The molecule has 0 aromatic heterocycles. The highest BCUT2D eigenvalue weighted by atomic mass is 16.5. The van der Waals surface area contributed by atoms with Gasteiger partial charge in [-0.1, -0.05) is 37.3 Å². The summed E-state index contributed by atoms with van der Waals surface area (Å²) in [7, 11) is 1.99. The van der Waals surface area contributed by atoms with Gasteiger partial charge in [0.15, 0.2) is 0 Å². The van der Waals surface area contributed by atoms with E-state index in [1.54, 1.807) is 0 Å². The summed E-state index contributed by atoms with van der Waals surface area (Å²) < 4.78 is 6.17. The molecule has 0 aliphatic heterocycles. The Bertz CT molecular complexity index is 573. The van der Waals surface area contributed by atoms with Crippen LogP contribution < -0.4 is 10.1 Å². The Balaban J connectivity index is 2.36. The average molecular weight is 269 g/mol. The number of aryl methyl sites for hydroxylation is 2. The molecule has 0 fully saturated rings. The fraction of sp³-hybridized carbons (Fsp3) is 0.333. The van der Waals surface area contributed by atoms with Crippen molar-refractivity contribution in [3.05, 3.63) is 59.2 Å². The van der Waals surface area contributed by atoms with E-state index in [1.807, 2.05) is 19.2 Å². The standard InChI is InChI=1S/C18H23NO/c1-5-16(19-4)15-8-6-7-9-17(15)20-18-12-13(2)10-11-14(18)3/h6-12,16,19H,5H2,1-4H3. The molecule has 2 rings (SSSR count). The van der Waals surface area contributed by atoms with Crippen LogP contribution >= 0.6 is 0 Å². The molecule has 2 heteroatoms. The Hall–Kier alpha value is -1.80. The van der Waals surface area contributed by atoms with E-state index in [-0.39, 0.29) is 0 Å². The van der Waals surface area contributed by atoms with Gasteiger partial charge in [0.1, 0.15) is 11.5 Å². The highest BCUT2D eigenvalue weighted by Gasteiger charge is 2.13. The zero-order valence-electron chi connectivity index (χ0n) is 12.7. The molecule has 20 heavy (non-hydrogen) atoms. The molecule has 1 unspecified atom stereocenters. The lowest BCUT2D eigenvalue weighted by Gasteiger charge is -2.19. The molecule has 0 heterocycles. The van der Waals surface area contributed by atoms with Gasteiger partial charge in [-0.15, -0.1) is 0 Å². The van der Waals surface area contributed by atoms with Gasteiger partial charge in [-0.05, 0) is 50.6 Å². The van der Waals surface area contributed by atoms with Crippen molar-refractivity contribution in [2.24, 2.45) is 0 Å². The van der Waals surface area contributed by atoms with Crippen molar-refractivity contribution < 1.29 is 4.74 Å². The van der Waals surface area contributed by atoms with E-state index >= 15 is 0 Å². The summed E-state index contributed by atoms with van der Waals surface area (Å²) >= 11 is 0. The van der Waals surface area contributed by atoms with Crippen molar-refractivity contribution >= 4 is 0 Å². The number of nitrogens with one attached hydrogen (secondary N) is 1. The summed E-state index contributed by atoms with van der Waals surface area (Å²) in [6.45, 7) is 6.34. The van der Waals surface area contributed by atoms with E-state index in [0.717, 1.165) is 23.5 Å². The van der Waals surface area contributed by atoms with Gasteiger partial charge in [0, 0.05) is 11.6 Å². The summed E-state index contributed by atoms with van der Waals surface area (Å²) in [6, 6.07) is 14.9. The third-order valence-electron chi connectivity index (χ3n) is 3.61. The first kappa shape index (κ1) is 14.6. The second kappa shape index (κ2) is 6.58. The molecule has 0 amide bonds. The molecule has 1 atom stereocenters. The quantitative estimate of drug-likeness (QED) is 0.844. The first-order valence-electron chi connectivity index (χ1n) is 7.17. The van der Waals surface area contributed by atoms with Crippen LogP contribution in [-0.4, -0.2) is 7.05 Å². The Morgan fingerprint density at radius 1 is 1.05 bits per heavy atom. The third kappa shape index (κ3) is 3.20. The first-order valence-corrected chi connectivity index (χ1v) is 7.17. The van der Waals surface area contributed by atoms with Crippen LogP contribution in [0.1, 0.15) is 36.1 Å². The van der Waals surface area contributed by atoms with Crippen molar-refractivity contribution in [2.45, 2.75) is 33.2 Å². The fourth-order valence-corrected chi connectivity index (χ4v) is 2.38. The number of benzene rings is 2. The van der Waals surface area contributed by atoms with Crippen molar-refractivity contribution in [3.63, 3.8) is 0 Å². The highest BCUT2D eigenvalue weighted by molar-refractivity contribution is 5.43. The molecule has 0 spiro atoms. The third-order valence-corrected chi connectivity index (χ3v) is 3.61. The molecule has 0 saturated heterocycles. The van der Waals surface area contributed by atoms with Crippen LogP contribution in [0.2, 0.25) is 0 Å². The minimum atomic E-state index is 0.316. The van der Waals surface area contributed by atoms with Crippen LogP contribution in [0.5, 0.6) is 11.5 Å². The Morgan fingerprint density at radius 2 is 1.80 bits per heavy atom. The van der Waals surface area contributed by atoms with Gasteiger partial charge in [-0.2, -0.15) is 0 Å². The maximum atomic E-state index is 6.17. The molecular formula is C18H23NO. The molecule has 2 aromatic carbocycles. The average Bonchev–Trinajstić information content (AvgIpc) is 2.46. The number of hydrogen-bond acceptors (Lipinski definition) is 2. The fourth-order valence-electron chi connectivity index (χ4n) is 2.38. The SMILES string of the molecule is CCC(NC)c1ccccc1Oc1cc(C)ccc1C. The zero-order chi connectivity index (χ0) is 14.5. The second-order valence-electron chi connectivity index (χ2n) is 5.16. The Kier molecular flexibility index (Phi) is 4.80. The molecule has 0 aliphatic carbocycles. The molecule has 0 aliphatic rings. The van der Waals surface area contributed by atoms with Gasteiger partial charge in [0.05, 0.1) is 0 Å².